The Kier molecular flexibility index (Phi) is 4.04. The second kappa shape index (κ2) is 5.54. The van der Waals surface area contributed by atoms with Crippen LogP contribution in [0.3, 0.4) is 0 Å². The summed E-state index contributed by atoms with van der Waals surface area (Å²) in [5.41, 5.74) is 5.79. The van der Waals surface area contributed by atoms with Crippen molar-refractivity contribution >= 4 is 34.3 Å². The predicted octanol–water partition coefficient (Wildman–Crippen LogP) is 3.92. The molecule has 0 unspecified atom stereocenters. The Morgan fingerprint density at radius 1 is 1.22 bits per heavy atom. The molecule has 0 aliphatic rings. The van der Waals surface area contributed by atoms with Gasteiger partial charge in [-0.05, 0) is 30.7 Å². The van der Waals surface area contributed by atoms with Gasteiger partial charge in [-0.1, -0.05) is 11.6 Å². The standard InChI is InChI=1S/C12H11ClF2N2S/c13-10-4-1-7(18-10)5-6-17-12-9(16)3-2-8(14)11(12)15/h1-4,17H,5-6,16H2. The van der Waals surface area contributed by atoms with Crippen LogP contribution in [0.25, 0.3) is 0 Å². The minimum absolute atomic E-state index is 0.0117. The minimum Gasteiger partial charge on any atom is -0.397 e. The summed E-state index contributed by atoms with van der Waals surface area (Å²) in [4.78, 5) is 1.07. The van der Waals surface area contributed by atoms with Crippen molar-refractivity contribution < 1.29 is 8.78 Å². The number of anilines is 2. The number of nitrogens with two attached hydrogens (primary N) is 1. The van der Waals surface area contributed by atoms with Crippen LogP contribution in [-0.4, -0.2) is 6.54 Å². The lowest BCUT2D eigenvalue weighted by molar-refractivity contribution is 0.511. The van der Waals surface area contributed by atoms with Gasteiger partial charge in [0.15, 0.2) is 11.6 Å². The van der Waals surface area contributed by atoms with Gasteiger partial charge in [0.25, 0.3) is 0 Å². The van der Waals surface area contributed by atoms with E-state index in [0.29, 0.717) is 17.3 Å². The third-order valence-electron chi connectivity index (χ3n) is 2.43. The Morgan fingerprint density at radius 3 is 2.67 bits per heavy atom. The highest BCUT2D eigenvalue weighted by Crippen LogP contribution is 2.25. The van der Waals surface area contributed by atoms with E-state index >= 15 is 0 Å². The summed E-state index contributed by atoms with van der Waals surface area (Å²) >= 11 is 7.26. The molecule has 0 spiro atoms. The van der Waals surface area contributed by atoms with Crippen LogP contribution in [0.15, 0.2) is 24.3 Å². The van der Waals surface area contributed by atoms with Crippen molar-refractivity contribution in [1.82, 2.24) is 0 Å². The number of nitrogens with one attached hydrogen (secondary N) is 1. The van der Waals surface area contributed by atoms with Crippen molar-refractivity contribution in [2.24, 2.45) is 0 Å². The Labute approximate surface area is 112 Å². The molecule has 6 heteroatoms. The maximum atomic E-state index is 13.5. The van der Waals surface area contributed by atoms with Gasteiger partial charge in [-0.25, -0.2) is 8.78 Å². The molecule has 18 heavy (non-hydrogen) atoms. The molecule has 0 fully saturated rings. The monoisotopic (exact) mass is 288 g/mol. The second-order valence-electron chi connectivity index (χ2n) is 3.71. The van der Waals surface area contributed by atoms with Crippen LogP contribution < -0.4 is 11.1 Å². The molecule has 0 aliphatic heterocycles. The first-order chi connectivity index (χ1) is 8.58. The lowest BCUT2D eigenvalue weighted by Crippen LogP contribution is -2.09. The maximum Gasteiger partial charge on any atom is 0.183 e. The van der Waals surface area contributed by atoms with Crippen molar-refractivity contribution in [1.29, 1.82) is 0 Å². The molecule has 1 aromatic carbocycles. The van der Waals surface area contributed by atoms with E-state index in [1.165, 1.54) is 17.4 Å². The number of hydrogen-bond donors (Lipinski definition) is 2. The zero-order valence-electron chi connectivity index (χ0n) is 9.34. The molecule has 0 saturated heterocycles. The molecule has 0 amide bonds. The van der Waals surface area contributed by atoms with Crippen LogP contribution in [0.1, 0.15) is 4.88 Å². The van der Waals surface area contributed by atoms with Crippen molar-refractivity contribution in [3.05, 3.63) is 45.1 Å². The van der Waals surface area contributed by atoms with Crippen molar-refractivity contribution in [3.8, 4) is 0 Å². The average molecular weight is 289 g/mol. The summed E-state index contributed by atoms with van der Waals surface area (Å²) in [6.45, 7) is 0.460. The van der Waals surface area contributed by atoms with E-state index in [1.54, 1.807) is 6.07 Å². The highest BCUT2D eigenvalue weighted by Gasteiger charge is 2.11. The van der Waals surface area contributed by atoms with Gasteiger partial charge in [0.2, 0.25) is 0 Å². The highest BCUT2D eigenvalue weighted by molar-refractivity contribution is 7.16. The van der Waals surface area contributed by atoms with Crippen molar-refractivity contribution in [2.45, 2.75) is 6.42 Å². The topological polar surface area (TPSA) is 38.0 Å². The molecule has 2 rings (SSSR count). The maximum absolute atomic E-state index is 13.5. The van der Waals surface area contributed by atoms with Crippen LogP contribution in [0.4, 0.5) is 20.2 Å². The average Bonchev–Trinajstić information content (AvgIpc) is 2.74. The Morgan fingerprint density at radius 2 is 2.00 bits per heavy atom. The van der Waals surface area contributed by atoms with Crippen LogP contribution in [0, 0.1) is 11.6 Å². The van der Waals surface area contributed by atoms with Gasteiger partial charge in [0.05, 0.1) is 15.7 Å². The molecule has 1 aromatic heterocycles. The summed E-state index contributed by atoms with van der Waals surface area (Å²) in [6.07, 6.45) is 0.673. The zero-order chi connectivity index (χ0) is 13.1. The summed E-state index contributed by atoms with van der Waals surface area (Å²) in [7, 11) is 0. The van der Waals surface area contributed by atoms with Gasteiger partial charge in [-0.15, -0.1) is 11.3 Å². The number of hydrogen-bond acceptors (Lipinski definition) is 3. The molecule has 0 radical (unpaired) electrons. The number of thiophene rings is 1. The van der Waals surface area contributed by atoms with E-state index in [4.69, 9.17) is 17.3 Å². The summed E-state index contributed by atoms with van der Waals surface area (Å²) in [6, 6.07) is 6.05. The first-order valence-corrected chi connectivity index (χ1v) is 6.49. The van der Waals surface area contributed by atoms with E-state index in [1.807, 2.05) is 6.07 Å². The highest BCUT2D eigenvalue weighted by atomic mass is 35.5. The smallest absolute Gasteiger partial charge is 0.183 e. The first kappa shape index (κ1) is 13.1. The lowest BCUT2D eigenvalue weighted by atomic mass is 10.2. The third kappa shape index (κ3) is 2.91. The first-order valence-electron chi connectivity index (χ1n) is 5.29. The predicted molar refractivity (Wildman–Crippen MR) is 72.3 cm³/mol. The van der Waals surface area contributed by atoms with E-state index in [9.17, 15) is 8.78 Å². The molecule has 1 heterocycles. The van der Waals surface area contributed by atoms with Crippen molar-refractivity contribution in [3.63, 3.8) is 0 Å². The fourth-order valence-corrected chi connectivity index (χ4v) is 2.63. The van der Waals surface area contributed by atoms with Gasteiger partial charge in [-0.2, -0.15) is 0 Å². The summed E-state index contributed by atoms with van der Waals surface area (Å²) in [5, 5.41) is 2.80. The quantitative estimate of drug-likeness (QED) is 0.837. The number of benzene rings is 1. The van der Waals surface area contributed by atoms with Crippen molar-refractivity contribution in [2.75, 3.05) is 17.6 Å². The molecule has 0 atom stereocenters. The number of nitrogen functional groups attached to an aromatic ring is 1. The van der Waals surface area contributed by atoms with Crippen LogP contribution >= 0.6 is 22.9 Å². The fourth-order valence-electron chi connectivity index (χ4n) is 1.54. The second-order valence-corrected chi connectivity index (χ2v) is 5.51. The largest absolute Gasteiger partial charge is 0.397 e. The normalized spacial score (nSPS) is 10.6. The van der Waals surface area contributed by atoms with Gasteiger partial charge in [-0.3, -0.25) is 0 Å². The van der Waals surface area contributed by atoms with Crippen LogP contribution in [0.2, 0.25) is 4.34 Å². The lowest BCUT2D eigenvalue weighted by Gasteiger charge is -2.10. The molecule has 96 valence electrons. The van der Waals surface area contributed by atoms with E-state index in [-0.39, 0.29) is 11.4 Å². The number of rotatable bonds is 4. The number of halogens is 3. The Bertz CT molecular complexity index is 557. The zero-order valence-corrected chi connectivity index (χ0v) is 10.9. The van der Waals surface area contributed by atoms with Gasteiger partial charge < -0.3 is 11.1 Å². The molecular weight excluding hydrogens is 278 g/mol. The Hall–Kier alpha value is -1.33. The molecule has 0 saturated carbocycles. The molecule has 2 nitrogen and oxygen atoms in total. The molecule has 3 N–H and O–H groups in total. The molecule has 0 bridgehead atoms. The molecule has 2 aromatic rings. The molecule has 0 aliphatic carbocycles. The summed E-state index contributed by atoms with van der Waals surface area (Å²) < 4.78 is 27.2. The van der Waals surface area contributed by atoms with E-state index in [2.05, 4.69) is 5.32 Å². The van der Waals surface area contributed by atoms with Crippen LogP contribution in [-0.2, 0) is 6.42 Å². The van der Waals surface area contributed by atoms with E-state index < -0.39 is 11.6 Å². The third-order valence-corrected chi connectivity index (χ3v) is 3.72. The Balaban J connectivity index is 2.00. The van der Waals surface area contributed by atoms with Gasteiger partial charge >= 0.3 is 0 Å². The van der Waals surface area contributed by atoms with Gasteiger partial charge in [0.1, 0.15) is 0 Å². The van der Waals surface area contributed by atoms with E-state index in [0.717, 1.165) is 10.9 Å². The molecular formula is C12H11ClF2N2S. The minimum atomic E-state index is -0.945. The fraction of sp³-hybridized carbons (Fsp3) is 0.167. The SMILES string of the molecule is Nc1ccc(F)c(F)c1NCCc1ccc(Cl)s1. The summed E-state index contributed by atoms with van der Waals surface area (Å²) in [5.74, 6) is -1.86. The van der Waals surface area contributed by atoms with Gasteiger partial charge in [0, 0.05) is 11.4 Å². The van der Waals surface area contributed by atoms with Crippen LogP contribution in [0.5, 0.6) is 0 Å².